The highest BCUT2D eigenvalue weighted by atomic mass is 16.7. The van der Waals surface area contributed by atoms with Crippen LogP contribution in [0.2, 0.25) is 0 Å². The molecule has 0 atom stereocenters. The first-order valence-corrected chi connectivity index (χ1v) is 10.9. The molecule has 6 rings (SSSR count). The zero-order chi connectivity index (χ0) is 23.9. The molecule has 0 saturated carbocycles. The Balaban J connectivity index is 1.25. The number of amides is 1. The first-order chi connectivity index (χ1) is 17.0. The number of carbonyl (C=O) groups is 1. The van der Waals surface area contributed by atoms with Crippen LogP contribution in [0.1, 0.15) is 21.5 Å². The van der Waals surface area contributed by atoms with Gasteiger partial charge in [0.25, 0.3) is 11.5 Å². The number of nitrogens with zero attached hydrogens (tertiary/aromatic N) is 1. The molecule has 0 fully saturated rings. The van der Waals surface area contributed by atoms with E-state index in [1.165, 1.54) is 6.07 Å². The molecule has 176 valence electrons. The monoisotopic (exact) mass is 473 g/mol. The fourth-order valence-electron chi connectivity index (χ4n) is 4.09. The molecule has 0 saturated heterocycles. The second-order valence-corrected chi connectivity index (χ2v) is 8.14. The Hall–Kier alpha value is -4.73. The summed E-state index contributed by atoms with van der Waals surface area (Å²) < 4.78 is 22.4. The van der Waals surface area contributed by atoms with Crippen molar-refractivity contribution < 1.29 is 23.7 Å². The van der Waals surface area contributed by atoms with Crippen LogP contribution < -0.4 is 35.5 Å². The van der Waals surface area contributed by atoms with Crippen molar-refractivity contribution in [1.29, 1.82) is 0 Å². The fourth-order valence-corrected chi connectivity index (χ4v) is 4.09. The maximum atomic E-state index is 13.2. The highest BCUT2D eigenvalue weighted by molar-refractivity contribution is 5.97. The van der Waals surface area contributed by atoms with Gasteiger partial charge < -0.3 is 29.2 Å². The van der Waals surface area contributed by atoms with Gasteiger partial charge in [0.1, 0.15) is 0 Å². The van der Waals surface area contributed by atoms with Gasteiger partial charge in [-0.05, 0) is 53.6 Å². The summed E-state index contributed by atoms with van der Waals surface area (Å²) in [6.07, 6.45) is 0. The van der Waals surface area contributed by atoms with E-state index in [0.29, 0.717) is 39.6 Å². The van der Waals surface area contributed by atoms with Crippen LogP contribution in [0.4, 0.5) is 0 Å². The van der Waals surface area contributed by atoms with Gasteiger partial charge in [-0.2, -0.15) is 0 Å². The van der Waals surface area contributed by atoms with Gasteiger partial charge in [-0.25, -0.2) is 4.79 Å². The molecule has 4 aromatic rings. The second-order valence-electron chi connectivity index (χ2n) is 8.14. The van der Waals surface area contributed by atoms with Crippen LogP contribution in [-0.4, -0.2) is 29.0 Å². The molecule has 10 nitrogen and oxygen atoms in total. The molecule has 35 heavy (non-hydrogen) atoms. The van der Waals surface area contributed by atoms with E-state index in [1.54, 1.807) is 36.4 Å². The molecule has 0 aliphatic carbocycles. The lowest BCUT2D eigenvalue weighted by molar-refractivity contribution is 0.0951. The molecule has 3 aromatic carbocycles. The minimum Gasteiger partial charge on any atom is -0.454 e. The second kappa shape index (κ2) is 8.24. The van der Waals surface area contributed by atoms with E-state index < -0.39 is 11.2 Å². The first kappa shape index (κ1) is 20.8. The number of hydrogen-bond acceptors (Lipinski definition) is 7. The lowest BCUT2D eigenvalue weighted by atomic mass is 10.1. The third-order valence-electron chi connectivity index (χ3n) is 5.91. The number of aromatic amines is 1. The number of H-pyrrole nitrogens is 1. The summed E-state index contributed by atoms with van der Waals surface area (Å²) in [5.74, 6) is 2.13. The summed E-state index contributed by atoms with van der Waals surface area (Å²) in [7, 11) is 0. The maximum Gasteiger partial charge on any atom is 0.329 e. The van der Waals surface area contributed by atoms with Gasteiger partial charge >= 0.3 is 5.69 Å². The van der Waals surface area contributed by atoms with Gasteiger partial charge in [0.15, 0.2) is 23.0 Å². The Bertz CT molecular complexity index is 1610. The Morgan fingerprint density at radius 2 is 1.49 bits per heavy atom. The van der Waals surface area contributed by atoms with Gasteiger partial charge in [-0.3, -0.25) is 14.2 Å². The number of hydrogen-bond donors (Lipinski definition) is 2. The predicted octanol–water partition coefficient (Wildman–Crippen LogP) is 2.13. The van der Waals surface area contributed by atoms with Crippen LogP contribution in [0.25, 0.3) is 10.9 Å². The highest BCUT2D eigenvalue weighted by Crippen LogP contribution is 2.33. The molecular formula is C25H19N3O7. The zero-order valence-electron chi connectivity index (χ0n) is 18.3. The molecule has 1 amide bonds. The Labute approximate surface area is 197 Å². The van der Waals surface area contributed by atoms with Crippen molar-refractivity contribution in [3.05, 3.63) is 92.1 Å². The largest absolute Gasteiger partial charge is 0.454 e. The first-order valence-electron chi connectivity index (χ1n) is 10.9. The minimum atomic E-state index is -0.542. The summed E-state index contributed by atoms with van der Waals surface area (Å²) in [5.41, 5.74) is 1.18. The van der Waals surface area contributed by atoms with Gasteiger partial charge in [0.05, 0.1) is 17.4 Å². The molecule has 1 aromatic heterocycles. The van der Waals surface area contributed by atoms with E-state index in [9.17, 15) is 14.4 Å². The third-order valence-corrected chi connectivity index (χ3v) is 5.91. The highest BCUT2D eigenvalue weighted by Gasteiger charge is 2.17. The van der Waals surface area contributed by atoms with Gasteiger partial charge in [-0.15, -0.1) is 0 Å². The molecule has 10 heteroatoms. The molecule has 3 heterocycles. The number of ether oxygens (including phenoxy) is 4. The molecule has 2 aliphatic heterocycles. The fraction of sp³-hybridized carbons (Fsp3) is 0.160. The maximum absolute atomic E-state index is 13.2. The quantitative estimate of drug-likeness (QED) is 0.456. The average Bonchev–Trinajstić information content (AvgIpc) is 3.53. The number of rotatable bonds is 5. The van der Waals surface area contributed by atoms with Crippen molar-refractivity contribution in [3.63, 3.8) is 0 Å². The average molecular weight is 473 g/mol. The topological polar surface area (TPSA) is 121 Å². The van der Waals surface area contributed by atoms with E-state index in [4.69, 9.17) is 18.9 Å². The van der Waals surface area contributed by atoms with Crippen LogP contribution in [0.15, 0.2) is 64.2 Å². The number of fused-ring (bicyclic) bond motifs is 3. The molecular weight excluding hydrogens is 454 g/mol. The molecule has 2 aliphatic rings. The molecule has 0 unspecified atom stereocenters. The zero-order valence-corrected chi connectivity index (χ0v) is 18.3. The number of carbonyl (C=O) groups excluding carboxylic acids is 1. The van der Waals surface area contributed by atoms with Crippen LogP contribution in [-0.2, 0) is 13.1 Å². The van der Waals surface area contributed by atoms with E-state index in [1.807, 2.05) is 12.1 Å². The van der Waals surface area contributed by atoms with Crippen LogP contribution in [0.3, 0.4) is 0 Å². The van der Waals surface area contributed by atoms with Crippen molar-refractivity contribution in [2.75, 3.05) is 13.6 Å². The Morgan fingerprint density at radius 1 is 0.829 bits per heavy atom. The Kier molecular flexibility index (Phi) is 4.91. The summed E-state index contributed by atoms with van der Waals surface area (Å²) >= 11 is 0. The Morgan fingerprint density at radius 3 is 2.23 bits per heavy atom. The number of benzene rings is 3. The number of aromatic nitrogens is 2. The van der Waals surface area contributed by atoms with Crippen LogP contribution in [0.5, 0.6) is 23.0 Å². The van der Waals surface area contributed by atoms with E-state index in [-0.39, 0.29) is 38.0 Å². The lowest BCUT2D eigenvalue weighted by Crippen LogP contribution is -2.35. The normalized spacial score (nSPS) is 13.3. The van der Waals surface area contributed by atoms with E-state index in [0.717, 1.165) is 10.1 Å². The summed E-state index contributed by atoms with van der Waals surface area (Å²) in [4.78, 5) is 41.3. The lowest BCUT2D eigenvalue weighted by Gasteiger charge is -2.09. The van der Waals surface area contributed by atoms with Crippen LogP contribution >= 0.6 is 0 Å². The number of nitrogens with one attached hydrogen (secondary N) is 2. The smallest absolute Gasteiger partial charge is 0.329 e. The van der Waals surface area contributed by atoms with Gasteiger partial charge in [0.2, 0.25) is 13.6 Å². The predicted molar refractivity (Wildman–Crippen MR) is 124 cm³/mol. The van der Waals surface area contributed by atoms with Crippen molar-refractivity contribution >= 4 is 16.8 Å². The van der Waals surface area contributed by atoms with Crippen molar-refractivity contribution in [2.45, 2.75) is 13.1 Å². The third kappa shape index (κ3) is 3.84. The van der Waals surface area contributed by atoms with Gasteiger partial charge in [-0.1, -0.05) is 12.1 Å². The standard InChI is InChI=1S/C25H19N3O7/c29-23(26-10-14-1-5-19-21(7-14)34-12-32-19)16-3-4-18-17(9-16)24(30)28(25(31)27-18)11-15-2-6-20-22(8-15)35-13-33-20/h1-9H,10-13H2,(H,26,29)(H,27,31). The van der Waals surface area contributed by atoms with Crippen molar-refractivity contribution in [3.8, 4) is 23.0 Å². The minimum absolute atomic E-state index is 0.0429. The molecule has 2 N–H and O–H groups in total. The summed E-state index contributed by atoms with van der Waals surface area (Å²) in [6, 6.07) is 15.3. The van der Waals surface area contributed by atoms with E-state index in [2.05, 4.69) is 10.3 Å². The summed E-state index contributed by atoms with van der Waals surface area (Å²) in [6.45, 7) is 0.625. The molecule has 0 bridgehead atoms. The SMILES string of the molecule is O=C(NCc1ccc2c(c1)OCO2)c1ccc2[nH]c(=O)n(Cc3ccc4c(c3)OCO4)c(=O)c2c1. The van der Waals surface area contributed by atoms with Crippen molar-refractivity contribution in [2.24, 2.45) is 0 Å². The van der Waals surface area contributed by atoms with E-state index >= 15 is 0 Å². The molecule has 0 radical (unpaired) electrons. The molecule has 0 spiro atoms. The van der Waals surface area contributed by atoms with Crippen LogP contribution in [0, 0.1) is 0 Å². The summed E-state index contributed by atoms with van der Waals surface area (Å²) in [5, 5.41) is 3.08. The van der Waals surface area contributed by atoms with Gasteiger partial charge in [0, 0.05) is 12.1 Å². The van der Waals surface area contributed by atoms with Crippen molar-refractivity contribution in [1.82, 2.24) is 14.9 Å².